The predicted octanol–water partition coefficient (Wildman–Crippen LogP) is 3.24. The molecule has 0 aliphatic carbocycles. The van der Waals surface area contributed by atoms with E-state index in [-0.39, 0.29) is 5.91 Å². The molecule has 2 aromatic rings. The summed E-state index contributed by atoms with van der Waals surface area (Å²) in [6.07, 6.45) is 1.51. The maximum absolute atomic E-state index is 12.1. The molecule has 0 fully saturated rings. The lowest BCUT2D eigenvalue weighted by Crippen LogP contribution is -2.17. The van der Waals surface area contributed by atoms with Crippen molar-refractivity contribution in [2.24, 2.45) is 5.10 Å². The molecule has 24 heavy (non-hydrogen) atoms. The van der Waals surface area contributed by atoms with Gasteiger partial charge in [0, 0.05) is 17.2 Å². The lowest BCUT2D eigenvalue weighted by atomic mass is 10.2. The van der Waals surface area contributed by atoms with Crippen LogP contribution in [0.2, 0.25) is 0 Å². The van der Waals surface area contributed by atoms with Crippen LogP contribution in [0.15, 0.2) is 46.0 Å². The lowest BCUT2D eigenvalue weighted by Gasteiger charge is -2.07. The first-order chi connectivity index (χ1) is 11.6. The largest absolute Gasteiger partial charge is 0.497 e. The number of rotatable bonds is 6. The summed E-state index contributed by atoms with van der Waals surface area (Å²) in [5.74, 6) is 1.59. The number of nitrogens with one attached hydrogen (secondary N) is 1. The lowest BCUT2D eigenvalue weighted by molar-refractivity contribution is 0.0955. The Morgan fingerprint density at radius 2 is 1.79 bits per heavy atom. The van der Waals surface area contributed by atoms with E-state index in [1.807, 2.05) is 0 Å². The van der Waals surface area contributed by atoms with Crippen LogP contribution in [0.1, 0.15) is 15.9 Å². The fourth-order valence-corrected chi connectivity index (χ4v) is 2.50. The highest BCUT2D eigenvalue weighted by atomic mass is 79.9. The fraction of sp³-hybridized carbons (Fsp3) is 0.176. The SMILES string of the molecule is COc1ccc(/C=N\NC(=O)c2ccc(OC)c(Br)c2)c(OC)c1. The second-order valence-electron chi connectivity index (χ2n) is 4.66. The summed E-state index contributed by atoms with van der Waals surface area (Å²) >= 11 is 3.34. The van der Waals surface area contributed by atoms with Crippen molar-refractivity contribution in [1.82, 2.24) is 5.43 Å². The van der Waals surface area contributed by atoms with Crippen LogP contribution in [-0.4, -0.2) is 33.5 Å². The van der Waals surface area contributed by atoms with Gasteiger partial charge >= 0.3 is 0 Å². The van der Waals surface area contributed by atoms with Gasteiger partial charge in [-0.25, -0.2) is 5.43 Å². The normalized spacial score (nSPS) is 10.5. The molecule has 0 spiro atoms. The molecule has 0 saturated carbocycles. The van der Waals surface area contributed by atoms with Crippen molar-refractivity contribution in [1.29, 1.82) is 0 Å². The number of carbonyl (C=O) groups is 1. The standard InChI is InChI=1S/C17H17BrN2O4/c1-22-13-6-4-12(16(9-13)24-3)10-19-20-17(21)11-5-7-15(23-2)14(18)8-11/h4-10H,1-3H3,(H,20,21)/b19-10-. The molecule has 1 amide bonds. The van der Waals surface area contributed by atoms with E-state index in [0.717, 1.165) is 5.56 Å². The van der Waals surface area contributed by atoms with Gasteiger partial charge in [0.25, 0.3) is 5.91 Å². The first kappa shape index (κ1) is 17.8. The van der Waals surface area contributed by atoms with E-state index in [0.29, 0.717) is 27.3 Å². The van der Waals surface area contributed by atoms with Crippen molar-refractivity contribution >= 4 is 28.1 Å². The molecule has 0 heterocycles. The van der Waals surface area contributed by atoms with Gasteiger partial charge in [-0.05, 0) is 46.3 Å². The van der Waals surface area contributed by atoms with Crippen LogP contribution in [0.25, 0.3) is 0 Å². The highest BCUT2D eigenvalue weighted by Crippen LogP contribution is 2.25. The van der Waals surface area contributed by atoms with Crippen LogP contribution in [0.3, 0.4) is 0 Å². The third-order valence-electron chi connectivity index (χ3n) is 3.22. The predicted molar refractivity (Wildman–Crippen MR) is 95.3 cm³/mol. The third-order valence-corrected chi connectivity index (χ3v) is 3.84. The number of nitrogens with zero attached hydrogens (tertiary/aromatic N) is 1. The van der Waals surface area contributed by atoms with Crippen LogP contribution in [-0.2, 0) is 0 Å². The summed E-state index contributed by atoms with van der Waals surface area (Å²) in [5.41, 5.74) is 3.65. The van der Waals surface area contributed by atoms with Crippen LogP contribution in [0.4, 0.5) is 0 Å². The molecular formula is C17H17BrN2O4. The van der Waals surface area contributed by atoms with E-state index >= 15 is 0 Å². The summed E-state index contributed by atoms with van der Waals surface area (Å²) < 4.78 is 16.2. The Labute approximate surface area is 148 Å². The Balaban J connectivity index is 2.08. The minimum atomic E-state index is -0.331. The molecule has 0 aliphatic rings. The van der Waals surface area contributed by atoms with Crippen LogP contribution in [0, 0.1) is 0 Å². The van der Waals surface area contributed by atoms with E-state index in [1.165, 1.54) is 6.21 Å². The van der Waals surface area contributed by atoms with E-state index in [1.54, 1.807) is 57.7 Å². The molecule has 0 aliphatic heterocycles. The highest BCUT2D eigenvalue weighted by Gasteiger charge is 2.08. The molecule has 6 nitrogen and oxygen atoms in total. The molecule has 0 saturated heterocycles. The Kier molecular flexibility index (Phi) is 6.20. The number of hydrogen-bond donors (Lipinski definition) is 1. The average molecular weight is 393 g/mol. The Morgan fingerprint density at radius 3 is 2.42 bits per heavy atom. The van der Waals surface area contributed by atoms with Gasteiger partial charge in [-0.15, -0.1) is 0 Å². The van der Waals surface area contributed by atoms with Gasteiger partial charge < -0.3 is 14.2 Å². The van der Waals surface area contributed by atoms with E-state index < -0.39 is 0 Å². The molecule has 0 aromatic heterocycles. The topological polar surface area (TPSA) is 69.2 Å². The van der Waals surface area contributed by atoms with Crippen LogP contribution >= 0.6 is 15.9 Å². The van der Waals surface area contributed by atoms with E-state index in [9.17, 15) is 4.79 Å². The van der Waals surface area contributed by atoms with E-state index in [4.69, 9.17) is 14.2 Å². The summed E-state index contributed by atoms with van der Waals surface area (Å²) in [4.78, 5) is 12.1. The summed E-state index contributed by atoms with van der Waals surface area (Å²) in [5, 5.41) is 3.96. The Bertz CT molecular complexity index is 762. The zero-order valence-corrected chi connectivity index (χ0v) is 15.1. The van der Waals surface area contributed by atoms with Crippen molar-refractivity contribution in [3.63, 3.8) is 0 Å². The van der Waals surface area contributed by atoms with Crippen molar-refractivity contribution < 1.29 is 19.0 Å². The fourth-order valence-electron chi connectivity index (χ4n) is 1.96. The van der Waals surface area contributed by atoms with Crippen molar-refractivity contribution in [2.45, 2.75) is 0 Å². The maximum Gasteiger partial charge on any atom is 0.271 e. The smallest absolute Gasteiger partial charge is 0.271 e. The maximum atomic E-state index is 12.1. The minimum Gasteiger partial charge on any atom is -0.497 e. The zero-order chi connectivity index (χ0) is 17.5. The highest BCUT2D eigenvalue weighted by molar-refractivity contribution is 9.10. The second-order valence-corrected chi connectivity index (χ2v) is 5.51. The van der Waals surface area contributed by atoms with Crippen molar-refractivity contribution in [3.8, 4) is 17.2 Å². The molecule has 2 aromatic carbocycles. The van der Waals surface area contributed by atoms with Gasteiger partial charge in [-0.2, -0.15) is 5.10 Å². The monoisotopic (exact) mass is 392 g/mol. The number of ether oxygens (including phenoxy) is 3. The number of methoxy groups -OCH3 is 3. The van der Waals surface area contributed by atoms with Crippen molar-refractivity contribution in [2.75, 3.05) is 21.3 Å². The molecule has 7 heteroatoms. The second kappa shape index (κ2) is 8.35. The third kappa shape index (κ3) is 4.26. The van der Waals surface area contributed by atoms with Crippen LogP contribution < -0.4 is 19.6 Å². The summed E-state index contributed by atoms with van der Waals surface area (Å²) in [6.45, 7) is 0. The molecule has 0 bridgehead atoms. The average Bonchev–Trinajstić information content (AvgIpc) is 2.61. The number of benzene rings is 2. The molecule has 1 N–H and O–H groups in total. The molecule has 0 atom stereocenters. The minimum absolute atomic E-state index is 0.331. The number of hydrazone groups is 1. The number of amides is 1. The zero-order valence-electron chi connectivity index (χ0n) is 13.5. The van der Waals surface area contributed by atoms with E-state index in [2.05, 4.69) is 26.5 Å². The molecule has 0 radical (unpaired) electrons. The number of halogens is 1. The first-order valence-electron chi connectivity index (χ1n) is 6.98. The molecule has 0 unspecified atom stereocenters. The molecular weight excluding hydrogens is 376 g/mol. The quantitative estimate of drug-likeness (QED) is 0.605. The number of hydrogen-bond acceptors (Lipinski definition) is 5. The van der Waals surface area contributed by atoms with Gasteiger partial charge in [-0.3, -0.25) is 4.79 Å². The molecule has 126 valence electrons. The summed E-state index contributed by atoms with van der Waals surface area (Å²) in [6, 6.07) is 10.3. The molecule has 2 rings (SSSR count). The van der Waals surface area contributed by atoms with Gasteiger partial charge in [0.15, 0.2) is 0 Å². The van der Waals surface area contributed by atoms with Gasteiger partial charge in [0.2, 0.25) is 0 Å². The van der Waals surface area contributed by atoms with Gasteiger partial charge in [0.1, 0.15) is 17.2 Å². The Hall–Kier alpha value is -2.54. The van der Waals surface area contributed by atoms with Crippen LogP contribution in [0.5, 0.6) is 17.2 Å². The van der Waals surface area contributed by atoms with Gasteiger partial charge in [-0.1, -0.05) is 0 Å². The summed E-state index contributed by atoms with van der Waals surface area (Å²) in [7, 11) is 4.70. The Morgan fingerprint density at radius 1 is 1.04 bits per heavy atom. The first-order valence-corrected chi connectivity index (χ1v) is 7.77. The number of carbonyl (C=O) groups excluding carboxylic acids is 1. The van der Waals surface area contributed by atoms with Gasteiger partial charge in [0.05, 0.1) is 32.0 Å². The van der Waals surface area contributed by atoms with Crippen molar-refractivity contribution in [3.05, 3.63) is 52.0 Å².